The van der Waals surface area contributed by atoms with E-state index in [4.69, 9.17) is 14.5 Å². The summed E-state index contributed by atoms with van der Waals surface area (Å²) in [4.78, 5) is 19.4. The zero-order chi connectivity index (χ0) is 27.6. The van der Waals surface area contributed by atoms with Crippen molar-refractivity contribution in [2.75, 3.05) is 31.6 Å². The molecule has 0 bridgehead atoms. The van der Waals surface area contributed by atoms with Crippen molar-refractivity contribution in [1.82, 2.24) is 9.88 Å². The molecular weight excluding hydrogens is 497 g/mol. The molecular formula is C31H42FN3O4. The number of ether oxygens (including phenoxy) is 2. The highest BCUT2D eigenvalue weighted by molar-refractivity contribution is 5.76. The van der Waals surface area contributed by atoms with Gasteiger partial charge in [-0.1, -0.05) is 23.8 Å². The normalized spacial score (nSPS) is 22.2. The van der Waals surface area contributed by atoms with Gasteiger partial charge in [-0.3, -0.25) is 9.69 Å². The van der Waals surface area contributed by atoms with E-state index in [-0.39, 0.29) is 6.10 Å². The van der Waals surface area contributed by atoms with Crippen LogP contribution in [0.25, 0.3) is 0 Å². The van der Waals surface area contributed by atoms with Crippen LogP contribution in [-0.2, 0) is 40.1 Å². The minimum Gasteiger partial charge on any atom is -0.480 e. The Bertz CT molecular complexity index is 1180. The maximum atomic E-state index is 14.8. The number of pyridine rings is 1. The topological polar surface area (TPSA) is 83.9 Å². The number of alkyl halides is 1. The Hall–Kier alpha value is -2.55. The molecule has 1 fully saturated rings. The maximum absolute atomic E-state index is 14.8. The largest absolute Gasteiger partial charge is 0.480 e. The van der Waals surface area contributed by atoms with Crippen LogP contribution in [-0.4, -0.2) is 65.1 Å². The number of carbonyl (C=O) groups is 1. The quantitative estimate of drug-likeness (QED) is 0.403. The minimum atomic E-state index is -1.50. The molecule has 0 spiro atoms. The van der Waals surface area contributed by atoms with Crippen molar-refractivity contribution in [2.45, 2.75) is 96.2 Å². The molecule has 2 N–H and O–H groups in total. The second-order valence-corrected chi connectivity index (χ2v) is 11.9. The van der Waals surface area contributed by atoms with Gasteiger partial charge in [-0.05, 0) is 87.6 Å². The standard InChI is InChI=1S/C31H42FN3O4/c1-20-15-22-19-39-27(31(2,3)32)17-25(22)26(16-20)28(30(36)37)35-13-11-24(18-35)38-14-5-4-8-23-10-9-21-7-6-12-33-29(21)34-23/h9-10,15-16,24,27-28H,4-8,11-14,17-19H2,1-3H3,(H,33,34)(H,36,37)/t24-,27?,28+/m1/s1. The number of carboxylic acids is 1. The third kappa shape index (κ3) is 6.61. The predicted octanol–water partition coefficient (Wildman–Crippen LogP) is 5.18. The van der Waals surface area contributed by atoms with Gasteiger partial charge in [-0.25, -0.2) is 9.37 Å². The summed E-state index contributed by atoms with van der Waals surface area (Å²) in [5, 5.41) is 13.7. The monoisotopic (exact) mass is 539 g/mol. The first-order chi connectivity index (χ1) is 18.7. The molecule has 2 aromatic rings. The molecule has 7 nitrogen and oxygen atoms in total. The number of nitrogens with zero attached hydrogens (tertiary/aromatic N) is 2. The highest BCUT2D eigenvalue weighted by atomic mass is 19.1. The molecule has 4 heterocycles. The van der Waals surface area contributed by atoms with Crippen LogP contribution in [0.1, 0.15) is 79.1 Å². The first-order valence-electron chi connectivity index (χ1n) is 14.4. The van der Waals surface area contributed by atoms with Gasteiger partial charge in [0.1, 0.15) is 17.5 Å². The molecule has 1 aromatic carbocycles. The molecule has 3 atom stereocenters. The molecule has 0 radical (unpaired) electrons. The highest BCUT2D eigenvalue weighted by Crippen LogP contribution is 2.37. The summed E-state index contributed by atoms with van der Waals surface area (Å²) in [6, 6.07) is 7.55. The lowest BCUT2D eigenvalue weighted by Crippen LogP contribution is -2.40. The lowest BCUT2D eigenvalue weighted by atomic mass is 9.85. The van der Waals surface area contributed by atoms with Gasteiger partial charge in [-0.15, -0.1) is 0 Å². The van der Waals surface area contributed by atoms with E-state index < -0.39 is 23.8 Å². The number of hydrogen-bond donors (Lipinski definition) is 2. The molecule has 3 aliphatic rings. The Kier molecular flexibility index (Phi) is 8.55. The van der Waals surface area contributed by atoms with E-state index in [0.717, 1.165) is 78.8 Å². The number of halogens is 1. The average Bonchev–Trinajstić information content (AvgIpc) is 3.35. The molecule has 0 aliphatic carbocycles. The van der Waals surface area contributed by atoms with Gasteiger partial charge in [0.15, 0.2) is 0 Å². The second-order valence-electron chi connectivity index (χ2n) is 11.9. The zero-order valence-electron chi connectivity index (χ0n) is 23.5. The van der Waals surface area contributed by atoms with Crippen LogP contribution in [0.15, 0.2) is 24.3 Å². The molecule has 1 aromatic heterocycles. The van der Waals surface area contributed by atoms with Gasteiger partial charge in [0.25, 0.3) is 0 Å². The van der Waals surface area contributed by atoms with Crippen molar-refractivity contribution in [3.05, 3.63) is 57.8 Å². The number of unbranched alkanes of at least 4 members (excludes halogenated alkanes) is 1. The van der Waals surface area contributed by atoms with Crippen molar-refractivity contribution >= 4 is 11.8 Å². The number of carboxylic acid groups (broad SMARTS) is 1. The van der Waals surface area contributed by atoms with Crippen LogP contribution < -0.4 is 5.32 Å². The maximum Gasteiger partial charge on any atom is 0.325 e. The minimum absolute atomic E-state index is 0.0133. The molecule has 5 rings (SSSR count). The van der Waals surface area contributed by atoms with Crippen molar-refractivity contribution < 1.29 is 23.8 Å². The predicted molar refractivity (Wildman–Crippen MR) is 149 cm³/mol. The summed E-state index contributed by atoms with van der Waals surface area (Å²) >= 11 is 0. The average molecular weight is 540 g/mol. The Labute approximate surface area is 231 Å². The molecule has 212 valence electrons. The number of nitrogens with one attached hydrogen (secondary N) is 1. The van der Waals surface area contributed by atoms with Crippen LogP contribution in [0.3, 0.4) is 0 Å². The molecule has 1 saturated heterocycles. The van der Waals surface area contributed by atoms with Gasteiger partial charge in [0.05, 0.1) is 18.8 Å². The van der Waals surface area contributed by atoms with Gasteiger partial charge >= 0.3 is 5.97 Å². The summed E-state index contributed by atoms with van der Waals surface area (Å²) in [6.07, 6.45) is 5.73. The number of rotatable bonds is 10. The van der Waals surface area contributed by atoms with E-state index >= 15 is 0 Å². The Morgan fingerprint density at radius 3 is 2.95 bits per heavy atom. The van der Waals surface area contributed by atoms with Gasteiger partial charge < -0.3 is 19.9 Å². The van der Waals surface area contributed by atoms with Gasteiger partial charge in [0.2, 0.25) is 0 Å². The van der Waals surface area contributed by atoms with Crippen LogP contribution >= 0.6 is 0 Å². The third-order valence-electron chi connectivity index (χ3n) is 8.32. The van der Waals surface area contributed by atoms with Crippen molar-refractivity contribution in [3.8, 4) is 0 Å². The summed E-state index contributed by atoms with van der Waals surface area (Å²) < 4.78 is 26.8. The third-order valence-corrected chi connectivity index (χ3v) is 8.32. The van der Waals surface area contributed by atoms with E-state index in [1.807, 2.05) is 24.0 Å². The smallest absolute Gasteiger partial charge is 0.325 e. The van der Waals surface area contributed by atoms with Crippen molar-refractivity contribution in [1.29, 1.82) is 0 Å². The highest BCUT2D eigenvalue weighted by Gasteiger charge is 2.39. The van der Waals surface area contributed by atoms with Crippen molar-refractivity contribution in [3.63, 3.8) is 0 Å². The van der Waals surface area contributed by atoms with E-state index in [1.54, 1.807) is 0 Å². The molecule has 39 heavy (non-hydrogen) atoms. The van der Waals surface area contributed by atoms with E-state index in [2.05, 4.69) is 17.4 Å². The molecule has 0 amide bonds. The summed E-state index contributed by atoms with van der Waals surface area (Å²) in [6.45, 7) is 8.20. The number of fused-ring (bicyclic) bond motifs is 2. The number of anilines is 1. The first kappa shape index (κ1) is 28.0. The van der Waals surface area contributed by atoms with Gasteiger partial charge in [-0.2, -0.15) is 0 Å². The van der Waals surface area contributed by atoms with E-state index in [1.165, 1.54) is 19.4 Å². The number of benzene rings is 1. The van der Waals surface area contributed by atoms with E-state index in [0.29, 0.717) is 32.7 Å². The summed E-state index contributed by atoms with van der Waals surface area (Å²) in [5.41, 5.74) is 4.57. The van der Waals surface area contributed by atoms with Crippen LogP contribution in [0.2, 0.25) is 0 Å². The van der Waals surface area contributed by atoms with Crippen LogP contribution in [0.5, 0.6) is 0 Å². The van der Waals surface area contributed by atoms with Gasteiger partial charge in [0, 0.05) is 38.4 Å². The zero-order valence-corrected chi connectivity index (χ0v) is 23.5. The Morgan fingerprint density at radius 1 is 1.31 bits per heavy atom. The fourth-order valence-electron chi connectivity index (χ4n) is 6.20. The Balaban J connectivity index is 1.16. The summed E-state index contributed by atoms with van der Waals surface area (Å²) in [5.74, 6) is 0.165. The van der Waals surface area contributed by atoms with Crippen LogP contribution in [0, 0.1) is 6.92 Å². The number of aliphatic carboxylic acids is 1. The Morgan fingerprint density at radius 2 is 2.15 bits per heavy atom. The van der Waals surface area contributed by atoms with Crippen molar-refractivity contribution in [2.24, 2.45) is 0 Å². The SMILES string of the molecule is Cc1cc2c(c([C@@H](C(=O)O)N3CC[C@@H](OCCCCc4ccc5c(n4)NCCC5)C3)c1)CC(C(C)(C)F)OC2. The second kappa shape index (κ2) is 11.9. The number of hydrogen-bond acceptors (Lipinski definition) is 6. The number of aryl methyl sites for hydroxylation is 3. The summed E-state index contributed by atoms with van der Waals surface area (Å²) in [7, 11) is 0. The lowest BCUT2D eigenvalue weighted by Gasteiger charge is -2.35. The van der Waals surface area contributed by atoms with E-state index in [9.17, 15) is 14.3 Å². The lowest BCUT2D eigenvalue weighted by molar-refractivity contribution is -0.143. The molecule has 0 saturated carbocycles. The molecule has 1 unspecified atom stereocenters. The van der Waals surface area contributed by atoms with Crippen LogP contribution in [0.4, 0.5) is 10.2 Å². The number of aromatic nitrogens is 1. The molecule has 3 aliphatic heterocycles. The number of likely N-dealkylation sites (tertiary alicyclic amines) is 1. The fourth-order valence-corrected chi connectivity index (χ4v) is 6.20. The first-order valence-corrected chi connectivity index (χ1v) is 14.4. The molecule has 8 heteroatoms. The fraction of sp³-hybridized carbons (Fsp3) is 0.613.